The zero-order chi connectivity index (χ0) is 11.0. The van der Waals surface area contributed by atoms with Gasteiger partial charge in [0.15, 0.2) is 0 Å². The maximum absolute atomic E-state index is 10.3. The van der Waals surface area contributed by atoms with Gasteiger partial charge in [0.05, 0.1) is 0 Å². The largest absolute Gasteiger partial charge is 1.00 e. The van der Waals surface area contributed by atoms with E-state index in [1.54, 1.807) is 0 Å². The van der Waals surface area contributed by atoms with Crippen molar-refractivity contribution in [2.45, 2.75) is 52.4 Å². The molecule has 0 aliphatic rings. The number of hydrogen-bond acceptors (Lipinski definition) is 2. The zero-order valence-electron chi connectivity index (χ0n) is 10.1. The van der Waals surface area contributed by atoms with Gasteiger partial charge in [-0.25, -0.2) is 8.42 Å². The SMILES string of the molecule is CC(C)CCCCCC[CH-]S(=O)(=O)O.[Li+]. The maximum atomic E-state index is 10.3. The summed E-state index contributed by atoms with van der Waals surface area (Å²) in [4.78, 5) is 0. The molecule has 0 radical (unpaired) electrons. The third-order valence-electron chi connectivity index (χ3n) is 2.06. The van der Waals surface area contributed by atoms with Crippen molar-refractivity contribution in [3.8, 4) is 0 Å². The van der Waals surface area contributed by atoms with Crippen LogP contribution < -0.4 is 18.9 Å². The average Bonchev–Trinajstić information content (AvgIpc) is 2.00. The molecule has 0 amide bonds. The van der Waals surface area contributed by atoms with Crippen LogP contribution in [0.25, 0.3) is 0 Å². The van der Waals surface area contributed by atoms with Crippen LogP contribution in [0.15, 0.2) is 0 Å². The Labute approximate surface area is 106 Å². The van der Waals surface area contributed by atoms with Crippen molar-refractivity contribution < 1.29 is 31.8 Å². The van der Waals surface area contributed by atoms with E-state index < -0.39 is 10.1 Å². The van der Waals surface area contributed by atoms with Gasteiger partial charge in [0.1, 0.15) is 10.1 Å². The van der Waals surface area contributed by atoms with E-state index in [-0.39, 0.29) is 18.9 Å². The molecule has 15 heavy (non-hydrogen) atoms. The van der Waals surface area contributed by atoms with Crippen molar-refractivity contribution in [3.05, 3.63) is 5.75 Å². The minimum Gasteiger partial charge on any atom is -0.309 e. The number of unbranched alkanes of at least 4 members (excludes halogenated alkanes) is 4. The van der Waals surface area contributed by atoms with Gasteiger partial charge in [-0.3, -0.25) is 0 Å². The first-order chi connectivity index (χ1) is 6.42. The standard InChI is InChI=1S/C10H21O3S.Li/c1-10(2)8-6-4-3-5-7-9-14(11,12)13;/h9-10H,3-8H2,1-2H3,(H,11,12,13);/q-1;+1. The summed E-state index contributed by atoms with van der Waals surface area (Å²) in [6.45, 7) is 4.40. The predicted octanol–water partition coefficient (Wildman–Crippen LogP) is 0.0366. The molecule has 0 rings (SSSR count). The second kappa shape index (κ2) is 9.71. The second-order valence-electron chi connectivity index (χ2n) is 4.07. The summed E-state index contributed by atoms with van der Waals surface area (Å²) >= 11 is 0. The van der Waals surface area contributed by atoms with Gasteiger partial charge in [-0.15, -0.1) is 0 Å². The van der Waals surface area contributed by atoms with E-state index in [0.29, 0.717) is 6.42 Å². The normalized spacial score (nSPS) is 11.5. The average molecular weight is 228 g/mol. The summed E-state index contributed by atoms with van der Waals surface area (Å²) in [5.41, 5.74) is 0. The van der Waals surface area contributed by atoms with E-state index in [9.17, 15) is 8.42 Å². The van der Waals surface area contributed by atoms with E-state index in [1.165, 1.54) is 12.8 Å². The molecule has 0 fully saturated rings. The zero-order valence-corrected chi connectivity index (χ0v) is 10.9. The smallest absolute Gasteiger partial charge is 0.309 e. The molecule has 0 aliphatic heterocycles. The molecule has 0 heterocycles. The molecule has 0 unspecified atom stereocenters. The number of rotatable bonds is 8. The van der Waals surface area contributed by atoms with Gasteiger partial charge in [-0.1, -0.05) is 46.0 Å². The van der Waals surface area contributed by atoms with Crippen LogP contribution in [0.4, 0.5) is 0 Å². The molecule has 0 saturated carbocycles. The quantitative estimate of drug-likeness (QED) is 0.276. The fourth-order valence-corrected chi connectivity index (χ4v) is 1.75. The third-order valence-corrected chi connectivity index (χ3v) is 2.72. The Morgan fingerprint density at radius 3 is 2.13 bits per heavy atom. The summed E-state index contributed by atoms with van der Waals surface area (Å²) in [5.74, 6) is 1.73. The van der Waals surface area contributed by atoms with Crippen molar-refractivity contribution >= 4 is 10.1 Å². The van der Waals surface area contributed by atoms with Gasteiger partial charge < -0.3 is 4.55 Å². The molecule has 1 N–H and O–H groups in total. The monoisotopic (exact) mass is 228 g/mol. The van der Waals surface area contributed by atoms with E-state index in [0.717, 1.165) is 30.9 Å². The molecule has 0 bridgehead atoms. The Bertz CT molecular complexity index is 225. The molecule has 0 aromatic rings. The minimum absolute atomic E-state index is 0. The van der Waals surface area contributed by atoms with Gasteiger partial charge >= 0.3 is 18.9 Å². The van der Waals surface area contributed by atoms with Gasteiger partial charge in [0.25, 0.3) is 0 Å². The molecular formula is C10H21LiO3S. The fraction of sp³-hybridized carbons (Fsp3) is 0.900. The van der Waals surface area contributed by atoms with Gasteiger partial charge in [-0.2, -0.15) is 12.2 Å². The summed E-state index contributed by atoms with van der Waals surface area (Å²) in [7, 11) is -3.86. The second-order valence-corrected chi connectivity index (χ2v) is 5.43. The first-order valence-electron chi connectivity index (χ1n) is 5.22. The van der Waals surface area contributed by atoms with Crippen LogP contribution in [-0.2, 0) is 10.1 Å². The first-order valence-corrected chi connectivity index (χ1v) is 6.73. The molecule has 86 valence electrons. The molecular weight excluding hydrogens is 207 g/mol. The molecule has 0 atom stereocenters. The van der Waals surface area contributed by atoms with Crippen molar-refractivity contribution in [1.82, 2.24) is 0 Å². The van der Waals surface area contributed by atoms with Crippen molar-refractivity contribution in [2.24, 2.45) is 5.92 Å². The van der Waals surface area contributed by atoms with E-state index >= 15 is 0 Å². The Morgan fingerprint density at radius 1 is 1.13 bits per heavy atom. The van der Waals surface area contributed by atoms with Crippen LogP contribution in [0.1, 0.15) is 52.4 Å². The van der Waals surface area contributed by atoms with E-state index in [4.69, 9.17) is 4.55 Å². The third kappa shape index (κ3) is 17.1. The van der Waals surface area contributed by atoms with Crippen LogP contribution in [0.3, 0.4) is 0 Å². The minimum atomic E-state index is -3.86. The molecule has 0 aromatic heterocycles. The van der Waals surface area contributed by atoms with Crippen molar-refractivity contribution in [2.75, 3.05) is 0 Å². The van der Waals surface area contributed by atoms with Crippen LogP contribution in [0, 0.1) is 11.7 Å². The van der Waals surface area contributed by atoms with Crippen molar-refractivity contribution in [1.29, 1.82) is 0 Å². The van der Waals surface area contributed by atoms with Crippen LogP contribution in [-0.4, -0.2) is 13.0 Å². The Morgan fingerprint density at radius 2 is 1.67 bits per heavy atom. The van der Waals surface area contributed by atoms with Gasteiger partial charge in [-0.05, 0) is 5.92 Å². The van der Waals surface area contributed by atoms with E-state index in [1.807, 2.05) is 0 Å². The van der Waals surface area contributed by atoms with Gasteiger partial charge in [0, 0.05) is 0 Å². The van der Waals surface area contributed by atoms with Crippen LogP contribution in [0.2, 0.25) is 0 Å². The molecule has 0 aromatic carbocycles. The summed E-state index contributed by atoms with van der Waals surface area (Å²) in [5, 5.41) is 0. The summed E-state index contributed by atoms with van der Waals surface area (Å²) in [6, 6.07) is 0. The Hall–Kier alpha value is 0.507. The van der Waals surface area contributed by atoms with Gasteiger partial charge in [0.2, 0.25) is 0 Å². The van der Waals surface area contributed by atoms with Crippen molar-refractivity contribution in [3.63, 3.8) is 0 Å². The van der Waals surface area contributed by atoms with Crippen LogP contribution in [0.5, 0.6) is 0 Å². The predicted molar refractivity (Wildman–Crippen MR) is 58.4 cm³/mol. The number of hydrogen-bond donors (Lipinski definition) is 1. The maximum Gasteiger partial charge on any atom is 1.00 e. The molecule has 0 spiro atoms. The van der Waals surface area contributed by atoms with Crippen LogP contribution >= 0.6 is 0 Å². The molecule has 0 saturated heterocycles. The Kier molecular flexibility index (Phi) is 11.6. The summed E-state index contributed by atoms with van der Waals surface area (Å²) < 4.78 is 29.0. The summed E-state index contributed by atoms with van der Waals surface area (Å²) in [6.07, 6.45) is 5.94. The molecule has 0 aliphatic carbocycles. The Balaban J connectivity index is 0. The van der Waals surface area contributed by atoms with E-state index in [2.05, 4.69) is 13.8 Å². The molecule has 3 nitrogen and oxygen atoms in total. The first kappa shape index (κ1) is 17.9. The topological polar surface area (TPSA) is 54.4 Å². The molecule has 5 heteroatoms. The fourth-order valence-electron chi connectivity index (χ4n) is 1.28.